The van der Waals surface area contributed by atoms with Gasteiger partial charge in [0, 0.05) is 56.2 Å². The van der Waals surface area contributed by atoms with Gasteiger partial charge < -0.3 is 14.4 Å². The lowest BCUT2D eigenvalue weighted by Crippen LogP contribution is -2.49. The molecule has 1 amide bonds. The molecular formula is C26H31ClF2N2O4. The van der Waals surface area contributed by atoms with Gasteiger partial charge in [0.2, 0.25) is 5.91 Å². The molecule has 0 unspecified atom stereocenters. The SMILES string of the molecule is CCOC(=O)CCCC(=O)N1CCN(C[C@H](OCc2c(F)cccc2F)c2ccc(Cl)cc2)CC1. The highest BCUT2D eigenvalue weighted by Crippen LogP contribution is 2.25. The number of benzene rings is 2. The first-order valence-electron chi connectivity index (χ1n) is 11.8. The maximum Gasteiger partial charge on any atom is 0.305 e. The highest BCUT2D eigenvalue weighted by molar-refractivity contribution is 6.30. The van der Waals surface area contributed by atoms with Gasteiger partial charge in [0.05, 0.1) is 19.3 Å². The molecule has 6 nitrogen and oxygen atoms in total. The summed E-state index contributed by atoms with van der Waals surface area (Å²) in [5.74, 6) is -1.55. The van der Waals surface area contributed by atoms with Gasteiger partial charge in [-0.3, -0.25) is 14.5 Å². The minimum Gasteiger partial charge on any atom is -0.466 e. The zero-order valence-corrected chi connectivity index (χ0v) is 20.6. The van der Waals surface area contributed by atoms with E-state index >= 15 is 0 Å². The van der Waals surface area contributed by atoms with E-state index in [1.54, 1.807) is 24.0 Å². The Morgan fingerprint density at radius 1 is 1.00 bits per heavy atom. The van der Waals surface area contributed by atoms with Crippen LogP contribution in [0, 0.1) is 11.6 Å². The van der Waals surface area contributed by atoms with Crippen molar-refractivity contribution in [2.75, 3.05) is 39.3 Å². The van der Waals surface area contributed by atoms with E-state index in [-0.39, 0.29) is 30.5 Å². The molecule has 0 saturated carbocycles. The van der Waals surface area contributed by atoms with E-state index in [9.17, 15) is 18.4 Å². The van der Waals surface area contributed by atoms with Crippen LogP contribution in [-0.2, 0) is 25.7 Å². The Hall–Kier alpha value is -2.55. The average molecular weight is 509 g/mol. The van der Waals surface area contributed by atoms with Crippen LogP contribution in [0.25, 0.3) is 0 Å². The first-order valence-corrected chi connectivity index (χ1v) is 12.2. The molecule has 2 aromatic carbocycles. The van der Waals surface area contributed by atoms with Crippen molar-refractivity contribution in [3.8, 4) is 0 Å². The maximum absolute atomic E-state index is 14.1. The van der Waals surface area contributed by atoms with Crippen LogP contribution in [0.4, 0.5) is 8.78 Å². The van der Waals surface area contributed by atoms with Crippen LogP contribution >= 0.6 is 11.6 Å². The van der Waals surface area contributed by atoms with Crippen molar-refractivity contribution < 1.29 is 27.8 Å². The number of piperazine rings is 1. The van der Waals surface area contributed by atoms with Crippen molar-refractivity contribution >= 4 is 23.5 Å². The monoisotopic (exact) mass is 508 g/mol. The lowest BCUT2D eigenvalue weighted by Gasteiger charge is -2.36. The van der Waals surface area contributed by atoms with Crippen molar-refractivity contribution in [2.24, 2.45) is 0 Å². The van der Waals surface area contributed by atoms with E-state index in [0.717, 1.165) is 5.56 Å². The van der Waals surface area contributed by atoms with Crippen LogP contribution in [0.15, 0.2) is 42.5 Å². The summed E-state index contributed by atoms with van der Waals surface area (Å²) < 4.78 is 39.1. The minimum atomic E-state index is -0.644. The van der Waals surface area contributed by atoms with Crippen molar-refractivity contribution in [1.82, 2.24) is 9.80 Å². The van der Waals surface area contributed by atoms with Gasteiger partial charge >= 0.3 is 5.97 Å². The van der Waals surface area contributed by atoms with Gasteiger partial charge in [0.15, 0.2) is 0 Å². The topological polar surface area (TPSA) is 59.1 Å². The van der Waals surface area contributed by atoms with E-state index in [4.69, 9.17) is 21.1 Å². The molecule has 190 valence electrons. The van der Waals surface area contributed by atoms with Gasteiger partial charge in [-0.2, -0.15) is 0 Å². The van der Waals surface area contributed by atoms with E-state index in [1.807, 2.05) is 12.1 Å². The van der Waals surface area contributed by atoms with Crippen molar-refractivity contribution in [2.45, 2.75) is 38.9 Å². The Balaban J connectivity index is 1.55. The Bertz CT molecular complexity index is 962. The van der Waals surface area contributed by atoms with E-state index < -0.39 is 17.7 Å². The molecule has 0 aliphatic carbocycles. The normalized spacial score (nSPS) is 15.1. The summed E-state index contributed by atoms with van der Waals surface area (Å²) >= 11 is 6.02. The number of nitrogens with zero attached hydrogens (tertiary/aromatic N) is 2. The third kappa shape index (κ3) is 8.26. The summed E-state index contributed by atoms with van der Waals surface area (Å²) in [7, 11) is 0. The Kier molecular flexibility index (Phi) is 10.4. The van der Waals surface area contributed by atoms with Gasteiger partial charge in [0.1, 0.15) is 11.6 Å². The Morgan fingerprint density at radius 2 is 1.66 bits per heavy atom. The van der Waals surface area contributed by atoms with Crippen LogP contribution in [0.2, 0.25) is 5.02 Å². The maximum atomic E-state index is 14.1. The lowest BCUT2D eigenvalue weighted by atomic mass is 10.1. The predicted molar refractivity (Wildman–Crippen MR) is 129 cm³/mol. The molecular weight excluding hydrogens is 478 g/mol. The summed E-state index contributed by atoms with van der Waals surface area (Å²) in [6.45, 7) is 4.80. The van der Waals surface area contributed by atoms with E-state index in [0.29, 0.717) is 57.2 Å². The van der Waals surface area contributed by atoms with Gasteiger partial charge in [-0.15, -0.1) is 0 Å². The third-order valence-corrected chi connectivity index (χ3v) is 6.21. The summed E-state index contributed by atoms with van der Waals surface area (Å²) in [6.07, 6.45) is 0.584. The van der Waals surface area contributed by atoms with Crippen LogP contribution < -0.4 is 0 Å². The number of carbonyl (C=O) groups is 2. The number of carbonyl (C=O) groups excluding carboxylic acids is 2. The molecule has 1 fully saturated rings. The van der Waals surface area contributed by atoms with E-state index in [1.165, 1.54) is 18.2 Å². The van der Waals surface area contributed by atoms with Crippen molar-refractivity contribution in [3.63, 3.8) is 0 Å². The molecule has 0 aromatic heterocycles. The second-order valence-corrected chi connectivity index (χ2v) is 8.83. The number of hydrogen-bond donors (Lipinski definition) is 0. The standard InChI is InChI=1S/C26H31ClF2N2O4/c1-2-34-26(33)8-4-7-25(32)31-15-13-30(14-16-31)17-24(19-9-11-20(27)12-10-19)35-18-21-22(28)5-3-6-23(21)29/h3,5-6,9-12,24H,2,4,7-8,13-18H2,1H3/t24-/m0/s1. The number of hydrogen-bond acceptors (Lipinski definition) is 5. The Morgan fingerprint density at radius 3 is 2.29 bits per heavy atom. The molecule has 1 saturated heterocycles. The third-order valence-electron chi connectivity index (χ3n) is 5.96. The van der Waals surface area contributed by atoms with E-state index in [2.05, 4.69) is 4.90 Å². The molecule has 0 bridgehead atoms. The molecule has 3 rings (SSSR count). The van der Waals surface area contributed by atoms with Crippen molar-refractivity contribution in [1.29, 1.82) is 0 Å². The number of esters is 1. The molecule has 2 aromatic rings. The van der Waals surface area contributed by atoms with Crippen LogP contribution in [0.3, 0.4) is 0 Å². The fourth-order valence-corrected chi connectivity index (χ4v) is 4.10. The second-order valence-electron chi connectivity index (χ2n) is 8.39. The summed E-state index contributed by atoms with van der Waals surface area (Å²) in [5, 5.41) is 0.586. The molecule has 0 N–H and O–H groups in total. The molecule has 1 aliphatic rings. The molecule has 0 spiro atoms. The largest absolute Gasteiger partial charge is 0.466 e. The van der Waals surface area contributed by atoms with Gasteiger partial charge in [-0.25, -0.2) is 8.78 Å². The summed E-state index contributed by atoms with van der Waals surface area (Å²) in [6, 6.07) is 10.9. The first-order chi connectivity index (χ1) is 16.9. The lowest BCUT2D eigenvalue weighted by molar-refractivity contribution is -0.143. The number of amides is 1. The quantitative estimate of drug-likeness (QED) is 0.410. The zero-order valence-electron chi connectivity index (χ0n) is 19.9. The second kappa shape index (κ2) is 13.5. The fourth-order valence-electron chi connectivity index (χ4n) is 3.98. The summed E-state index contributed by atoms with van der Waals surface area (Å²) in [5.41, 5.74) is 0.744. The number of rotatable bonds is 11. The Labute approximate surface area is 209 Å². The number of halogens is 3. The number of ether oxygens (including phenoxy) is 2. The molecule has 35 heavy (non-hydrogen) atoms. The van der Waals surface area contributed by atoms with Gasteiger partial charge in [-0.05, 0) is 43.2 Å². The molecule has 1 aliphatic heterocycles. The summed E-state index contributed by atoms with van der Waals surface area (Å²) in [4.78, 5) is 27.9. The van der Waals surface area contributed by atoms with Gasteiger partial charge in [-0.1, -0.05) is 29.8 Å². The highest BCUT2D eigenvalue weighted by atomic mass is 35.5. The first kappa shape index (κ1) is 27.0. The highest BCUT2D eigenvalue weighted by Gasteiger charge is 2.25. The zero-order chi connectivity index (χ0) is 25.2. The minimum absolute atomic E-state index is 0.0227. The van der Waals surface area contributed by atoms with Crippen LogP contribution in [-0.4, -0.2) is 61.0 Å². The average Bonchev–Trinajstić information content (AvgIpc) is 2.84. The molecule has 9 heteroatoms. The molecule has 1 heterocycles. The van der Waals surface area contributed by atoms with Crippen LogP contribution in [0.5, 0.6) is 0 Å². The smallest absolute Gasteiger partial charge is 0.305 e. The van der Waals surface area contributed by atoms with Crippen LogP contribution in [0.1, 0.15) is 43.4 Å². The predicted octanol–water partition coefficient (Wildman–Crippen LogP) is 4.75. The van der Waals surface area contributed by atoms with Crippen molar-refractivity contribution in [3.05, 3.63) is 70.2 Å². The molecule has 1 atom stereocenters. The van der Waals surface area contributed by atoms with Gasteiger partial charge in [0.25, 0.3) is 0 Å². The molecule has 0 radical (unpaired) electrons. The fraction of sp³-hybridized carbons (Fsp3) is 0.462.